The third-order valence-electron chi connectivity index (χ3n) is 12.4. The van der Waals surface area contributed by atoms with Gasteiger partial charge in [-0.25, -0.2) is 14.7 Å². The fraction of sp³-hybridized carbons (Fsp3) is 0.500. The number of fused-ring (bicyclic) bond motifs is 8. The number of sulfonamides is 1. The van der Waals surface area contributed by atoms with E-state index in [0.717, 1.165) is 77.8 Å². The van der Waals surface area contributed by atoms with Crippen molar-refractivity contribution >= 4 is 32.7 Å². The summed E-state index contributed by atoms with van der Waals surface area (Å²) in [6, 6.07) is 8.60. The van der Waals surface area contributed by atoms with Crippen LogP contribution in [0.5, 0.6) is 5.75 Å². The van der Waals surface area contributed by atoms with Crippen molar-refractivity contribution in [2.45, 2.75) is 101 Å². The van der Waals surface area contributed by atoms with Gasteiger partial charge in [0.25, 0.3) is 21.1 Å². The molecule has 2 amide bonds. The number of allylic oxidation sites excluding steroid dienone is 4. The highest BCUT2D eigenvalue weighted by Gasteiger charge is 2.51. The van der Waals surface area contributed by atoms with Crippen LogP contribution in [0.15, 0.2) is 63.9 Å². The van der Waals surface area contributed by atoms with Gasteiger partial charge in [-0.15, -0.1) is 0 Å². The average Bonchev–Trinajstić information content (AvgIpc) is 3.65. The maximum absolute atomic E-state index is 14.9. The van der Waals surface area contributed by atoms with Crippen LogP contribution in [0.2, 0.25) is 0 Å². The number of carbonyl (C=O) groups is 2. The minimum Gasteiger partial charge on any atom is -0.496 e. The van der Waals surface area contributed by atoms with Crippen LogP contribution in [-0.4, -0.2) is 83.9 Å². The van der Waals surface area contributed by atoms with Crippen molar-refractivity contribution in [3.05, 3.63) is 81.4 Å². The second-order valence-electron chi connectivity index (χ2n) is 15.7. The lowest BCUT2D eigenvalue weighted by atomic mass is 9.75. The lowest BCUT2D eigenvalue weighted by molar-refractivity contribution is -0.141. The highest BCUT2D eigenvalue weighted by atomic mass is 32.2. The van der Waals surface area contributed by atoms with Crippen molar-refractivity contribution < 1.29 is 22.7 Å². The third-order valence-corrected chi connectivity index (χ3v) is 13.5. The highest BCUT2D eigenvalue weighted by molar-refractivity contribution is 7.89. The van der Waals surface area contributed by atoms with Gasteiger partial charge < -0.3 is 19.1 Å². The van der Waals surface area contributed by atoms with Crippen LogP contribution < -0.4 is 9.46 Å². The van der Waals surface area contributed by atoms with Crippen LogP contribution in [0.3, 0.4) is 0 Å². The molecule has 52 heavy (non-hydrogen) atoms. The summed E-state index contributed by atoms with van der Waals surface area (Å²) in [5, 5.41) is 0.596. The van der Waals surface area contributed by atoms with Gasteiger partial charge in [0.2, 0.25) is 5.91 Å². The van der Waals surface area contributed by atoms with Gasteiger partial charge in [0.1, 0.15) is 5.75 Å². The molecule has 2 bridgehead atoms. The Morgan fingerprint density at radius 3 is 2.37 bits per heavy atom. The molecule has 1 N–H and O–H groups in total. The SMILES string of the molecule is COc1ccc(C2CCCCC2)c2c1cc1n2CC2=C(C(=O)NS(=O)(=O)c3nc(C)cc(C)n3)C2=C2C=CC[C@@H](C(=O)N3C4CCC3CN(C)C4)C21. The Labute approximate surface area is 304 Å². The number of piperazine rings is 1. The van der Waals surface area contributed by atoms with Gasteiger partial charge >= 0.3 is 0 Å². The number of rotatable bonds is 6. The molecule has 2 aromatic heterocycles. The van der Waals surface area contributed by atoms with Gasteiger partial charge in [0.05, 0.1) is 24.1 Å². The predicted molar refractivity (Wildman–Crippen MR) is 196 cm³/mol. The van der Waals surface area contributed by atoms with Crippen molar-refractivity contribution in [2.75, 3.05) is 27.2 Å². The first-order valence-corrected chi connectivity index (χ1v) is 20.3. The largest absolute Gasteiger partial charge is 0.496 e. The third kappa shape index (κ3) is 5.35. The molecule has 4 atom stereocenters. The van der Waals surface area contributed by atoms with Crippen molar-refractivity contribution in [1.82, 2.24) is 29.1 Å². The van der Waals surface area contributed by atoms with E-state index in [1.165, 1.54) is 24.8 Å². The number of benzene rings is 1. The van der Waals surface area contributed by atoms with E-state index >= 15 is 0 Å². The zero-order valence-corrected chi connectivity index (χ0v) is 31.1. The first-order valence-electron chi connectivity index (χ1n) is 18.8. The topological polar surface area (TPSA) is 127 Å². The van der Waals surface area contributed by atoms with Gasteiger partial charge in [-0.05, 0) is 99.4 Å². The quantitative estimate of drug-likeness (QED) is 0.345. The van der Waals surface area contributed by atoms with E-state index in [-0.39, 0.29) is 29.8 Å². The van der Waals surface area contributed by atoms with Crippen LogP contribution in [0.4, 0.5) is 0 Å². The van der Waals surface area contributed by atoms with Gasteiger partial charge in [-0.3, -0.25) is 9.59 Å². The molecule has 3 fully saturated rings. The number of likely N-dealkylation sites (N-methyl/N-ethyl adjacent to an activating group) is 1. The fourth-order valence-electron chi connectivity index (χ4n) is 10.2. The molecule has 5 heterocycles. The summed E-state index contributed by atoms with van der Waals surface area (Å²) in [4.78, 5) is 41.7. The highest BCUT2D eigenvalue weighted by Crippen LogP contribution is 2.55. The summed E-state index contributed by atoms with van der Waals surface area (Å²) >= 11 is 0. The molecule has 2 saturated heterocycles. The maximum atomic E-state index is 14.9. The van der Waals surface area contributed by atoms with Gasteiger partial charge in [-0.1, -0.05) is 37.5 Å². The Morgan fingerprint density at radius 1 is 0.962 bits per heavy atom. The number of aryl methyl sites for hydroxylation is 2. The standard InChI is InChI=1S/C40H46N6O5S/c1-22-17-23(2)42-40(41-22)52(49,50)43-38(47)36-31-21-45-32(18-30-33(51-4)16-15-27(37(30)45)24-9-6-5-7-10-24)34-28(35(31)36)11-8-12-29(34)39(48)46-25-13-14-26(46)20-44(3)19-25/h8,11,15-18,24-26,29,34H,5-7,9-10,12-14,19-21H2,1-4H3,(H,43,47)/t25?,26?,29-,34?/m1/s1. The van der Waals surface area contributed by atoms with Gasteiger partial charge in [-0.2, -0.15) is 8.42 Å². The number of likely N-dealkylation sites (tertiary alicyclic amines) is 1. The normalized spacial score (nSPS) is 25.9. The maximum Gasteiger partial charge on any atom is 0.300 e. The minimum absolute atomic E-state index is 0.175. The smallest absolute Gasteiger partial charge is 0.300 e. The molecule has 3 aliphatic carbocycles. The number of hydrogen-bond donors (Lipinski definition) is 1. The Hall–Kier alpha value is -4.29. The minimum atomic E-state index is -4.34. The number of nitrogens with one attached hydrogen (secondary N) is 1. The predicted octanol–water partition coefficient (Wildman–Crippen LogP) is 5.19. The summed E-state index contributed by atoms with van der Waals surface area (Å²) in [5.41, 5.74) is 7.29. The van der Waals surface area contributed by atoms with Crippen LogP contribution in [0.25, 0.3) is 10.9 Å². The molecule has 9 rings (SSSR count). The summed E-state index contributed by atoms with van der Waals surface area (Å²) in [6.07, 6.45) is 12.6. The number of methoxy groups -OCH3 is 1. The monoisotopic (exact) mass is 722 g/mol. The summed E-state index contributed by atoms with van der Waals surface area (Å²) in [7, 11) is -0.500. The number of ether oxygens (including phenoxy) is 1. The molecule has 3 unspecified atom stereocenters. The van der Waals surface area contributed by atoms with E-state index in [1.54, 1.807) is 27.0 Å². The van der Waals surface area contributed by atoms with Gasteiger partial charge in [0, 0.05) is 60.1 Å². The molecule has 3 aliphatic heterocycles. The van der Waals surface area contributed by atoms with E-state index in [1.807, 2.05) is 0 Å². The molecule has 6 aliphatic rings. The number of nitrogens with zero attached hydrogens (tertiary/aromatic N) is 5. The second-order valence-corrected chi connectivity index (χ2v) is 17.3. The Bertz CT molecular complexity index is 2210. The lowest BCUT2D eigenvalue weighted by Crippen LogP contribution is -2.56. The van der Waals surface area contributed by atoms with E-state index in [4.69, 9.17) is 4.74 Å². The molecule has 3 aromatic rings. The van der Waals surface area contributed by atoms with Crippen LogP contribution >= 0.6 is 0 Å². The summed E-state index contributed by atoms with van der Waals surface area (Å²) in [5.74, 6) is -0.000767. The molecule has 1 saturated carbocycles. The van der Waals surface area contributed by atoms with Crippen molar-refractivity contribution in [1.29, 1.82) is 0 Å². The number of hydrogen-bond acceptors (Lipinski definition) is 8. The Morgan fingerprint density at radius 2 is 1.67 bits per heavy atom. The Kier molecular flexibility index (Phi) is 8.00. The number of aromatic nitrogens is 3. The van der Waals surface area contributed by atoms with Crippen LogP contribution in [0, 0.1) is 19.8 Å². The van der Waals surface area contributed by atoms with Crippen LogP contribution in [-0.2, 0) is 26.2 Å². The molecule has 0 spiro atoms. The molecule has 0 radical (unpaired) electrons. The van der Waals surface area contributed by atoms with E-state index < -0.39 is 21.1 Å². The van der Waals surface area contributed by atoms with E-state index in [9.17, 15) is 18.0 Å². The molecular weight excluding hydrogens is 677 g/mol. The zero-order chi connectivity index (χ0) is 36.1. The first-order chi connectivity index (χ1) is 25.0. The molecule has 11 nitrogen and oxygen atoms in total. The van der Waals surface area contributed by atoms with Crippen molar-refractivity contribution in [2.24, 2.45) is 5.92 Å². The summed E-state index contributed by atoms with van der Waals surface area (Å²) in [6.45, 7) is 5.54. The molecule has 12 heteroatoms. The molecular formula is C40H46N6O5S. The zero-order valence-electron chi connectivity index (χ0n) is 30.3. The second kappa shape index (κ2) is 12.4. The fourth-order valence-corrected chi connectivity index (χ4v) is 11.2. The van der Waals surface area contributed by atoms with E-state index in [0.29, 0.717) is 35.8 Å². The first kappa shape index (κ1) is 33.5. The molecule has 272 valence electrons. The number of carbonyl (C=O) groups excluding carboxylic acids is 2. The van der Waals surface area contributed by atoms with Crippen LogP contribution in [0.1, 0.15) is 85.8 Å². The van der Waals surface area contributed by atoms with Gasteiger partial charge in [0.15, 0.2) is 0 Å². The van der Waals surface area contributed by atoms with Crippen molar-refractivity contribution in [3.63, 3.8) is 0 Å². The lowest BCUT2D eigenvalue weighted by Gasteiger charge is -2.43. The molecule has 1 aromatic carbocycles. The average molecular weight is 723 g/mol. The summed E-state index contributed by atoms with van der Waals surface area (Å²) < 4.78 is 37.6. The van der Waals surface area contributed by atoms with E-state index in [2.05, 4.69) is 66.5 Å². The number of amides is 2. The Balaban J connectivity index is 1.19. The van der Waals surface area contributed by atoms with Crippen molar-refractivity contribution in [3.8, 4) is 5.75 Å².